The van der Waals surface area contributed by atoms with Crippen molar-refractivity contribution in [3.05, 3.63) is 22.4 Å². The highest BCUT2D eigenvalue weighted by molar-refractivity contribution is 7.07. The van der Waals surface area contributed by atoms with E-state index >= 15 is 0 Å². The van der Waals surface area contributed by atoms with Gasteiger partial charge in [-0.15, -0.1) is 0 Å². The second-order valence-electron chi connectivity index (χ2n) is 3.69. The number of nitrogens with one attached hydrogen (secondary N) is 1. The summed E-state index contributed by atoms with van der Waals surface area (Å²) in [5, 5.41) is 7.77. The van der Waals surface area contributed by atoms with Gasteiger partial charge in [-0.1, -0.05) is 0 Å². The van der Waals surface area contributed by atoms with Crippen LogP contribution in [0.4, 0.5) is 0 Å². The van der Waals surface area contributed by atoms with E-state index in [1.54, 1.807) is 18.4 Å². The average molecular weight is 243 g/mol. The number of hydrogen-bond donors (Lipinski definition) is 1. The Morgan fingerprint density at radius 2 is 2.25 bits per heavy atom. The highest BCUT2D eigenvalue weighted by Gasteiger charge is 2.03. The summed E-state index contributed by atoms with van der Waals surface area (Å²) >= 11 is 1.74. The molecule has 16 heavy (non-hydrogen) atoms. The zero-order chi connectivity index (χ0) is 11.6. The van der Waals surface area contributed by atoms with E-state index in [0.29, 0.717) is 19.3 Å². The third-order valence-electron chi connectivity index (χ3n) is 2.39. The molecule has 0 saturated heterocycles. The van der Waals surface area contributed by atoms with E-state index in [4.69, 9.17) is 9.47 Å². The Balaban J connectivity index is 1.95. The standard InChI is InChI=1S/C12H21NO2S/c1-11(12-4-9-16-10-12)13-5-3-6-15-8-7-14-2/h4,9-11,13H,3,5-8H2,1-2H3. The van der Waals surface area contributed by atoms with Gasteiger partial charge >= 0.3 is 0 Å². The lowest BCUT2D eigenvalue weighted by Crippen LogP contribution is -2.20. The van der Waals surface area contributed by atoms with Crippen molar-refractivity contribution in [3.8, 4) is 0 Å². The maximum absolute atomic E-state index is 5.38. The van der Waals surface area contributed by atoms with Gasteiger partial charge in [-0.25, -0.2) is 0 Å². The highest BCUT2D eigenvalue weighted by Crippen LogP contribution is 2.15. The SMILES string of the molecule is COCCOCCCNC(C)c1ccsc1. The molecule has 1 N–H and O–H groups in total. The van der Waals surface area contributed by atoms with Crippen molar-refractivity contribution in [1.82, 2.24) is 5.32 Å². The summed E-state index contributed by atoms with van der Waals surface area (Å²) in [6.07, 6.45) is 1.04. The van der Waals surface area contributed by atoms with Crippen molar-refractivity contribution < 1.29 is 9.47 Å². The molecule has 0 saturated carbocycles. The molecule has 1 heterocycles. The first-order valence-electron chi connectivity index (χ1n) is 5.66. The van der Waals surface area contributed by atoms with Crippen LogP contribution in [0.25, 0.3) is 0 Å². The average Bonchev–Trinajstić information content (AvgIpc) is 2.81. The lowest BCUT2D eigenvalue weighted by Gasteiger charge is -2.12. The minimum atomic E-state index is 0.435. The molecule has 1 atom stereocenters. The normalized spacial score (nSPS) is 12.9. The second kappa shape index (κ2) is 8.70. The van der Waals surface area contributed by atoms with Crippen molar-refractivity contribution in [2.24, 2.45) is 0 Å². The van der Waals surface area contributed by atoms with Gasteiger partial charge in [0, 0.05) is 19.8 Å². The predicted molar refractivity (Wildman–Crippen MR) is 68.0 cm³/mol. The Kier molecular flexibility index (Phi) is 7.42. The van der Waals surface area contributed by atoms with Crippen molar-refractivity contribution in [2.75, 3.05) is 33.5 Å². The number of thiophene rings is 1. The van der Waals surface area contributed by atoms with Crippen LogP contribution >= 0.6 is 11.3 Å². The Bertz CT molecular complexity index is 252. The first kappa shape index (κ1) is 13.6. The molecule has 0 amide bonds. The van der Waals surface area contributed by atoms with E-state index < -0.39 is 0 Å². The van der Waals surface area contributed by atoms with Crippen LogP contribution in [-0.4, -0.2) is 33.5 Å². The van der Waals surface area contributed by atoms with Gasteiger partial charge in [0.1, 0.15) is 0 Å². The zero-order valence-corrected chi connectivity index (χ0v) is 10.9. The van der Waals surface area contributed by atoms with Crippen molar-refractivity contribution in [1.29, 1.82) is 0 Å². The molecule has 92 valence electrons. The molecular formula is C12H21NO2S. The summed E-state index contributed by atoms with van der Waals surface area (Å²) in [6.45, 7) is 5.35. The number of methoxy groups -OCH3 is 1. The lowest BCUT2D eigenvalue weighted by molar-refractivity contribution is 0.0693. The van der Waals surface area contributed by atoms with E-state index in [-0.39, 0.29) is 0 Å². The number of hydrogen-bond acceptors (Lipinski definition) is 4. The van der Waals surface area contributed by atoms with Gasteiger partial charge in [0.25, 0.3) is 0 Å². The van der Waals surface area contributed by atoms with Gasteiger partial charge in [0.2, 0.25) is 0 Å². The number of rotatable bonds is 9. The molecule has 0 bridgehead atoms. The van der Waals surface area contributed by atoms with Crippen molar-refractivity contribution in [2.45, 2.75) is 19.4 Å². The van der Waals surface area contributed by atoms with Crippen LogP contribution < -0.4 is 5.32 Å². The number of ether oxygens (including phenoxy) is 2. The molecule has 1 unspecified atom stereocenters. The second-order valence-corrected chi connectivity index (χ2v) is 4.47. The fraction of sp³-hybridized carbons (Fsp3) is 0.667. The van der Waals surface area contributed by atoms with Crippen LogP contribution in [0, 0.1) is 0 Å². The Labute approximate surface area is 102 Å². The van der Waals surface area contributed by atoms with Crippen LogP contribution in [0.1, 0.15) is 24.9 Å². The molecule has 0 spiro atoms. The minimum Gasteiger partial charge on any atom is -0.382 e. The van der Waals surface area contributed by atoms with E-state index in [2.05, 4.69) is 29.1 Å². The minimum absolute atomic E-state index is 0.435. The lowest BCUT2D eigenvalue weighted by atomic mass is 10.2. The molecule has 0 aromatic carbocycles. The fourth-order valence-corrected chi connectivity index (χ4v) is 2.13. The summed E-state index contributed by atoms with van der Waals surface area (Å²) in [7, 11) is 1.69. The Morgan fingerprint density at radius 1 is 1.38 bits per heavy atom. The van der Waals surface area contributed by atoms with E-state index in [0.717, 1.165) is 19.6 Å². The monoisotopic (exact) mass is 243 g/mol. The van der Waals surface area contributed by atoms with Gasteiger partial charge in [0.05, 0.1) is 13.2 Å². The molecule has 0 aliphatic heterocycles. The Morgan fingerprint density at radius 3 is 2.94 bits per heavy atom. The van der Waals surface area contributed by atoms with Gasteiger partial charge in [-0.3, -0.25) is 0 Å². The molecule has 3 nitrogen and oxygen atoms in total. The summed E-state index contributed by atoms with van der Waals surface area (Å²) in [5.74, 6) is 0. The van der Waals surface area contributed by atoms with Crippen LogP contribution in [0.15, 0.2) is 16.8 Å². The molecule has 4 heteroatoms. The van der Waals surface area contributed by atoms with Crippen molar-refractivity contribution in [3.63, 3.8) is 0 Å². The molecule has 0 aliphatic rings. The van der Waals surface area contributed by atoms with Gasteiger partial charge in [0.15, 0.2) is 0 Å². The predicted octanol–water partition coefficient (Wildman–Crippen LogP) is 2.45. The maximum atomic E-state index is 5.38. The van der Waals surface area contributed by atoms with Crippen LogP contribution in [0.5, 0.6) is 0 Å². The molecule has 1 aromatic heterocycles. The van der Waals surface area contributed by atoms with E-state index in [1.165, 1.54) is 5.56 Å². The third kappa shape index (κ3) is 5.61. The van der Waals surface area contributed by atoms with Crippen LogP contribution in [0.3, 0.4) is 0 Å². The molecule has 1 aromatic rings. The summed E-state index contributed by atoms with van der Waals surface area (Å²) in [6, 6.07) is 2.60. The van der Waals surface area contributed by atoms with Gasteiger partial charge < -0.3 is 14.8 Å². The van der Waals surface area contributed by atoms with Crippen molar-refractivity contribution >= 4 is 11.3 Å². The maximum Gasteiger partial charge on any atom is 0.0700 e. The molecule has 0 radical (unpaired) electrons. The third-order valence-corrected chi connectivity index (χ3v) is 3.09. The first-order valence-corrected chi connectivity index (χ1v) is 6.61. The van der Waals surface area contributed by atoms with Crippen LogP contribution in [0.2, 0.25) is 0 Å². The van der Waals surface area contributed by atoms with E-state index in [1.807, 2.05) is 0 Å². The fourth-order valence-electron chi connectivity index (χ4n) is 1.38. The van der Waals surface area contributed by atoms with Crippen LogP contribution in [-0.2, 0) is 9.47 Å². The largest absolute Gasteiger partial charge is 0.382 e. The van der Waals surface area contributed by atoms with Gasteiger partial charge in [-0.05, 0) is 42.3 Å². The molecule has 0 fully saturated rings. The smallest absolute Gasteiger partial charge is 0.0700 e. The quantitative estimate of drug-likeness (QED) is 0.676. The zero-order valence-electron chi connectivity index (χ0n) is 10.1. The first-order chi connectivity index (χ1) is 7.84. The molecular weight excluding hydrogens is 222 g/mol. The summed E-state index contributed by atoms with van der Waals surface area (Å²) < 4.78 is 10.3. The molecule has 0 aliphatic carbocycles. The summed E-state index contributed by atoms with van der Waals surface area (Å²) in [4.78, 5) is 0. The summed E-state index contributed by atoms with van der Waals surface area (Å²) in [5.41, 5.74) is 1.37. The Hall–Kier alpha value is -0.420. The molecule has 1 rings (SSSR count). The van der Waals surface area contributed by atoms with Gasteiger partial charge in [-0.2, -0.15) is 11.3 Å². The van der Waals surface area contributed by atoms with E-state index in [9.17, 15) is 0 Å². The topological polar surface area (TPSA) is 30.5 Å². The highest BCUT2D eigenvalue weighted by atomic mass is 32.1.